The van der Waals surface area contributed by atoms with Crippen LogP contribution in [0.4, 0.5) is 0 Å². The fourth-order valence-corrected chi connectivity index (χ4v) is 4.33. The lowest BCUT2D eigenvalue weighted by molar-refractivity contribution is -0.142. The molecule has 0 unspecified atom stereocenters. The van der Waals surface area contributed by atoms with Gasteiger partial charge < -0.3 is 24.1 Å². The highest BCUT2D eigenvalue weighted by molar-refractivity contribution is 5.89. The number of hydrogen-bond acceptors (Lipinski definition) is 7. The van der Waals surface area contributed by atoms with Crippen molar-refractivity contribution in [2.75, 3.05) is 20.3 Å². The van der Waals surface area contributed by atoms with Crippen molar-refractivity contribution in [3.05, 3.63) is 72.2 Å². The molecule has 0 aliphatic rings. The number of amides is 2. The second-order valence-electron chi connectivity index (χ2n) is 9.56. The van der Waals surface area contributed by atoms with E-state index in [0.29, 0.717) is 47.4 Å². The Kier molecular flexibility index (Phi) is 9.19. The van der Waals surface area contributed by atoms with Crippen molar-refractivity contribution in [2.45, 2.75) is 46.3 Å². The van der Waals surface area contributed by atoms with Crippen LogP contribution in [-0.2, 0) is 22.7 Å². The van der Waals surface area contributed by atoms with Crippen LogP contribution in [0.3, 0.4) is 0 Å². The van der Waals surface area contributed by atoms with E-state index in [2.05, 4.69) is 29.5 Å². The molecular formula is C29H35N5O5. The predicted octanol–water partition coefficient (Wildman–Crippen LogP) is 4.36. The zero-order valence-electron chi connectivity index (χ0n) is 22.8. The van der Waals surface area contributed by atoms with Crippen LogP contribution in [0.1, 0.15) is 44.6 Å². The molecule has 2 amide bonds. The van der Waals surface area contributed by atoms with Gasteiger partial charge in [-0.3, -0.25) is 9.59 Å². The molecule has 0 fully saturated rings. The molecule has 4 aromatic rings. The molecule has 0 saturated heterocycles. The van der Waals surface area contributed by atoms with Crippen LogP contribution in [0, 0.1) is 5.92 Å². The Morgan fingerprint density at radius 3 is 2.64 bits per heavy atom. The number of fused-ring (bicyclic) bond motifs is 1. The molecule has 39 heavy (non-hydrogen) atoms. The molecule has 2 heterocycles. The smallest absolute Gasteiger partial charge is 0.247 e. The van der Waals surface area contributed by atoms with Crippen LogP contribution in [0.15, 0.2) is 65.3 Å². The third-order valence-corrected chi connectivity index (χ3v) is 6.32. The minimum absolute atomic E-state index is 0.0796. The first-order valence-electron chi connectivity index (χ1n) is 13.1. The first-order chi connectivity index (χ1) is 18.9. The van der Waals surface area contributed by atoms with Crippen molar-refractivity contribution < 1.29 is 23.5 Å². The van der Waals surface area contributed by atoms with Crippen LogP contribution in [-0.4, -0.2) is 52.0 Å². The van der Waals surface area contributed by atoms with E-state index < -0.39 is 6.04 Å². The number of para-hydroxylation sites is 1. The summed E-state index contributed by atoms with van der Waals surface area (Å²) < 4.78 is 18.4. The van der Waals surface area contributed by atoms with E-state index in [1.807, 2.05) is 31.2 Å². The predicted molar refractivity (Wildman–Crippen MR) is 146 cm³/mol. The summed E-state index contributed by atoms with van der Waals surface area (Å²) in [5, 5.41) is 11.4. The highest BCUT2D eigenvalue weighted by Crippen LogP contribution is 2.33. The topological polar surface area (TPSA) is 112 Å². The van der Waals surface area contributed by atoms with E-state index in [9.17, 15) is 9.59 Å². The first kappa shape index (κ1) is 27.7. The number of furan rings is 1. The maximum Gasteiger partial charge on any atom is 0.247 e. The molecule has 0 saturated carbocycles. The molecule has 10 heteroatoms. The number of carbonyl (C=O) groups excluding carboxylic acids is 2. The van der Waals surface area contributed by atoms with E-state index in [1.165, 1.54) is 4.90 Å². The maximum absolute atomic E-state index is 14.0. The summed E-state index contributed by atoms with van der Waals surface area (Å²) in [5.41, 5.74) is 1.99. The second-order valence-corrected chi connectivity index (χ2v) is 9.56. The van der Waals surface area contributed by atoms with Crippen LogP contribution in [0.5, 0.6) is 11.5 Å². The fourth-order valence-electron chi connectivity index (χ4n) is 4.33. The number of rotatable bonds is 13. The Bertz CT molecular complexity index is 1380. The number of hydrogen-bond donors (Lipinski definition) is 1. The Labute approximate surface area is 227 Å². The van der Waals surface area contributed by atoms with Gasteiger partial charge in [0.05, 0.1) is 32.0 Å². The normalized spacial score (nSPS) is 11.9. The third kappa shape index (κ3) is 6.76. The summed E-state index contributed by atoms with van der Waals surface area (Å²) in [6.07, 6.45) is 2.35. The van der Waals surface area contributed by atoms with Gasteiger partial charge in [0.15, 0.2) is 11.5 Å². The number of benzene rings is 2. The van der Waals surface area contributed by atoms with Gasteiger partial charge in [0, 0.05) is 6.54 Å². The van der Waals surface area contributed by atoms with Crippen molar-refractivity contribution in [3.8, 4) is 11.5 Å². The highest BCUT2D eigenvalue weighted by atomic mass is 16.5. The SMILES string of the molecule is CCOc1ccc([C@@H](C(=O)NCCC(C)C)N(Cc2ccco2)C(=O)Cn2nnc3ccccc32)cc1OC. The summed E-state index contributed by atoms with van der Waals surface area (Å²) in [6.45, 7) is 6.99. The Balaban J connectivity index is 1.74. The summed E-state index contributed by atoms with van der Waals surface area (Å²) in [5.74, 6) is 1.37. The van der Waals surface area contributed by atoms with E-state index in [4.69, 9.17) is 13.9 Å². The highest BCUT2D eigenvalue weighted by Gasteiger charge is 2.33. The number of ether oxygens (including phenoxy) is 2. The molecule has 2 aromatic heterocycles. The van der Waals surface area contributed by atoms with Crippen molar-refractivity contribution >= 4 is 22.8 Å². The fraction of sp³-hybridized carbons (Fsp3) is 0.379. The van der Waals surface area contributed by atoms with Gasteiger partial charge in [-0.1, -0.05) is 37.3 Å². The molecule has 206 valence electrons. The van der Waals surface area contributed by atoms with Gasteiger partial charge >= 0.3 is 0 Å². The second kappa shape index (κ2) is 12.9. The van der Waals surface area contributed by atoms with Crippen molar-refractivity contribution in [2.24, 2.45) is 5.92 Å². The number of aromatic nitrogens is 3. The minimum Gasteiger partial charge on any atom is -0.493 e. The van der Waals surface area contributed by atoms with Gasteiger partial charge in [-0.05, 0) is 61.2 Å². The molecule has 4 rings (SSSR count). The third-order valence-electron chi connectivity index (χ3n) is 6.32. The quantitative estimate of drug-likeness (QED) is 0.272. The molecule has 0 spiro atoms. The molecule has 0 bridgehead atoms. The van der Waals surface area contributed by atoms with Crippen molar-refractivity contribution in [1.29, 1.82) is 0 Å². The van der Waals surface area contributed by atoms with E-state index >= 15 is 0 Å². The van der Waals surface area contributed by atoms with Gasteiger partial charge in [0.2, 0.25) is 11.8 Å². The van der Waals surface area contributed by atoms with Crippen molar-refractivity contribution in [1.82, 2.24) is 25.2 Å². The van der Waals surface area contributed by atoms with E-state index in [-0.39, 0.29) is 24.9 Å². The Morgan fingerprint density at radius 1 is 1.10 bits per heavy atom. The molecule has 2 aromatic carbocycles. The molecule has 0 radical (unpaired) electrons. The number of methoxy groups -OCH3 is 1. The monoisotopic (exact) mass is 533 g/mol. The van der Waals surface area contributed by atoms with Gasteiger partial charge in [0.25, 0.3) is 0 Å². The van der Waals surface area contributed by atoms with Crippen LogP contribution in [0.25, 0.3) is 11.0 Å². The standard InChI is InChI=1S/C29H35N5O5/c1-5-38-25-13-12-21(17-26(25)37-4)28(29(36)30-15-14-20(2)3)33(18-22-9-8-16-39-22)27(35)19-34-24-11-7-6-10-23(24)31-32-34/h6-13,16-17,20,28H,5,14-15,18-19H2,1-4H3,(H,30,36)/t28-/m0/s1. The van der Waals surface area contributed by atoms with Gasteiger partial charge in [0.1, 0.15) is 23.9 Å². The van der Waals surface area contributed by atoms with Crippen LogP contribution >= 0.6 is 0 Å². The first-order valence-corrected chi connectivity index (χ1v) is 13.1. The molecule has 0 aliphatic heterocycles. The largest absolute Gasteiger partial charge is 0.493 e. The van der Waals surface area contributed by atoms with Crippen LogP contribution < -0.4 is 14.8 Å². The lowest BCUT2D eigenvalue weighted by Gasteiger charge is -2.31. The summed E-state index contributed by atoms with van der Waals surface area (Å²) in [7, 11) is 1.54. The zero-order valence-corrected chi connectivity index (χ0v) is 22.8. The summed E-state index contributed by atoms with van der Waals surface area (Å²) >= 11 is 0. The summed E-state index contributed by atoms with van der Waals surface area (Å²) in [6, 6.07) is 15.3. The van der Waals surface area contributed by atoms with Gasteiger partial charge in [-0.2, -0.15) is 0 Å². The average molecular weight is 534 g/mol. The summed E-state index contributed by atoms with van der Waals surface area (Å²) in [4.78, 5) is 29.3. The molecular weight excluding hydrogens is 498 g/mol. The minimum atomic E-state index is -0.964. The molecule has 10 nitrogen and oxygen atoms in total. The van der Waals surface area contributed by atoms with E-state index in [0.717, 1.165) is 11.9 Å². The maximum atomic E-state index is 14.0. The number of carbonyl (C=O) groups is 2. The van der Waals surface area contributed by atoms with Crippen LogP contribution in [0.2, 0.25) is 0 Å². The van der Waals surface area contributed by atoms with E-state index in [1.54, 1.807) is 48.4 Å². The lowest BCUT2D eigenvalue weighted by atomic mass is 10.0. The Hall–Kier alpha value is -4.34. The molecule has 1 N–H and O–H groups in total. The lowest BCUT2D eigenvalue weighted by Crippen LogP contribution is -2.45. The number of nitrogens with one attached hydrogen (secondary N) is 1. The zero-order chi connectivity index (χ0) is 27.8. The van der Waals surface area contributed by atoms with Gasteiger partial charge in [-0.25, -0.2) is 4.68 Å². The molecule has 0 aliphatic carbocycles. The average Bonchev–Trinajstić information content (AvgIpc) is 3.59. The van der Waals surface area contributed by atoms with Crippen molar-refractivity contribution in [3.63, 3.8) is 0 Å². The Morgan fingerprint density at radius 2 is 1.92 bits per heavy atom. The molecule has 1 atom stereocenters. The number of nitrogens with zero attached hydrogens (tertiary/aromatic N) is 4. The van der Waals surface area contributed by atoms with Gasteiger partial charge in [-0.15, -0.1) is 5.10 Å².